The third-order valence-corrected chi connectivity index (χ3v) is 3.78. The van der Waals surface area contributed by atoms with E-state index in [1.54, 1.807) is 14.0 Å². The molecule has 0 aliphatic carbocycles. The molecule has 0 aromatic heterocycles. The molecular formula is C14H26N2O4. The number of amides is 1. The van der Waals surface area contributed by atoms with Crippen LogP contribution in [0, 0.1) is 5.92 Å². The van der Waals surface area contributed by atoms with Crippen molar-refractivity contribution in [3.8, 4) is 0 Å². The van der Waals surface area contributed by atoms with Gasteiger partial charge in [-0.3, -0.25) is 14.5 Å². The van der Waals surface area contributed by atoms with Crippen LogP contribution in [-0.2, 0) is 19.1 Å². The fourth-order valence-corrected chi connectivity index (χ4v) is 2.46. The van der Waals surface area contributed by atoms with Crippen LogP contribution in [0.3, 0.4) is 0 Å². The lowest BCUT2D eigenvalue weighted by atomic mass is 10.1. The van der Waals surface area contributed by atoms with E-state index in [4.69, 9.17) is 4.74 Å². The molecule has 0 radical (unpaired) electrons. The number of hydrogen-bond donors (Lipinski definition) is 0. The Morgan fingerprint density at radius 1 is 1.10 bits per heavy atom. The summed E-state index contributed by atoms with van der Waals surface area (Å²) in [6, 6.07) is 0.366. The molecule has 1 aliphatic heterocycles. The number of piperazine rings is 1. The molecule has 6 nitrogen and oxygen atoms in total. The van der Waals surface area contributed by atoms with Gasteiger partial charge in [-0.05, 0) is 6.92 Å². The molecule has 1 fully saturated rings. The minimum Gasteiger partial charge on any atom is -0.469 e. The van der Waals surface area contributed by atoms with E-state index in [1.165, 1.54) is 7.11 Å². The first-order valence-electron chi connectivity index (χ1n) is 7.08. The van der Waals surface area contributed by atoms with E-state index in [1.807, 2.05) is 4.90 Å². The van der Waals surface area contributed by atoms with E-state index >= 15 is 0 Å². The number of carbonyl (C=O) groups excluding carboxylic acids is 2. The largest absolute Gasteiger partial charge is 0.469 e. The number of methoxy groups -OCH3 is 2. The van der Waals surface area contributed by atoms with Crippen molar-refractivity contribution < 1.29 is 19.1 Å². The van der Waals surface area contributed by atoms with Gasteiger partial charge in [0.05, 0.1) is 20.1 Å². The molecule has 1 aliphatic rings. The smallest absolute Gasteiger partial charge is 0.306 e. The van der Waals surface area contributed by atoms with Crippen LogP contribution in [0.4, 0.5) is 0 Å². The summed E-state index contributed by atoms with van der Waals surface area (Å²) in [5.41, 5.74) is 0. The maximum Gasteiger partial charge on any atom is 0.306 e. The number of nitrogens with zero attached hydrogens (tertiary/aromatic N) is 2. The number of hydrogen-bond acceptors (Lipinski definition) is 5. The van der Waals surface area contributed by atoms with Gasteiger partial charge in [0, 0.05) is 45.2 Å². The summed E-state index contributed by atoms with van der Waals surface area (Å²) in [5.74, 6) is -0.613. The lowest BCUT2D eigenvalue weighted by Gasteiger charge is -2.38. The van der Waals surface area contributed by atoms with Crippen molar-refractivity contribution >= 4 is 11.9 Å². The molecule has 0 bridgehead atoms. The van der Waals surface area contributed by atoms with Gasteiger partial charge in [-0.2, -0.15) is 0 Å². The van der Waals surface area contributed by atoms with Crippen LogP contribution < -0.4 is 0 Å². The minimum atomic E-state index is -0.335. The molecule has 0 N–H and O–H groups in total. The van der Waals surface area contributed by atoms with Gasteiger partial charge in [-0.15, -0.1) is 0 Å². The lowest BCUT2D eigenvalue weighted by molar-refractivity contribution is -0.147. The van der Waals surface area contributed by atoms with Gasteiger partial charge >= 0.3 is 5.97 Å². The monoisotopic (exact) mass is 286 g/mol. The van der Waals surface area contributed by atoms with E-state index in [0.29, 0.717) is 25.7 Å². The topological polar surface area (TPSA) is 59.1 Å². The average Bonchev–Trinajstić information content (AvgIpc) is 2.46. The third-order valence-electron chi connectivity index (χ3n) is 3.78. The van der Waals surface area contributed by atoms with Crippen molar-refractivity contribution in [2.24, 2.45) is 5.92 Å². The molecular weight excluding hydrogens is 260 g/mol. The Bertz CT molecular complexity index is 327. The van der Waals surface area contributed by atoms with Crippen molar-refractivity contribution in [3.05, 3.63) is 0 Å². The highest BCUT2D eigenvalue weighted by Gasteiger charge is 2.27. The van der Waals surface area contributed by atoms with Gasteiger partial charge in [-0.25, -0.2) is 0 Å². The molecule has 0 spiro atoms. The third kappa shape index (κ3) is 4.76. The van der Waals surface area contributed by atoms with Crippen LogP contribution in [0.15, 0.2) is 0 Å². The lowest BCUT2D eigenvalue weighted by Crippen LogP contribution is -2.53. The van der Waals surface area contributed by atoms with Gasteiger partial charge in [0.25, 0.3) is 0 Å². The first-order valence-corrected chi connectivity index (χ1v) is 7.08. The van der Waals surface area contributed by atoms with E-state index in [-0.39, 0.29) is 24.2 Å². The highest BCUT2D eigenvalue weighted by Crippen LogP contribution is 2.12. The average molecular weight is 286 g/mol. The molecule has 1 saturated heterocycles. The Kier molecular flexibility index (Phi) is 6.95. The van der Waals surface area contributed by atoms with Crippen LogP contribution in [-0.4, -0.2) is 74.7 Å². The molecule has 0 unspecified atom stereocenters. The molecule has 1 heterocycles. The van der Waals surface area contributed by atoms with E-state index < -0.39 is 0 Å². The Balaban J connectivity index is 2.40. The normalized spacial score (nSPS) is 19.5. The van der Waals surface area contributed by atoms with Crippen LogP contribution >= 0.6 is 0 Å². The van der Waals surface area contributed by atoms with Gasteiger partial charge < -0.3 is 14.4 Å². The van der Waals surface area contributed by atoms with Crippen LogP contribution in [0.5, 0.6) is 0 Å². The highest BCUT2D eigenvalue weighted by atomic mass is 16.5. The van der Waals surface area contributed by atoms with Gasteiger partial charge in [0.1, 0.15) is 0 Å². The molecule has 0 aromatic rings. The fraction of sp³-hybridized carbons (Fsp3) is 0.857. The first kappa shape index (κ1) is 16.9. The van der Waals surface area contributed by atoms with Crippen LogP contribution in [0.1, 0.15) is 20.3 Å². The van der Waals surface area contributed by atoms with Crippen molar-refractivity contribution in [2.45, 2.75) is 26.3 Å². The number of esters is 1. The molecule has 1 amide bonds. The number of rotatable bonds is 6. The SMILES string of the molecule is COC[C@H](C)N1CCN(C(=O)[C@H](C)CC(=O)OC)CC1. The Hall–Kier alpha value is -1.14. The molecule has 20 heavy (non-hydrogen) atoms. The molecule has 0 aromatic carbocycles. The zero-order chi connectivity index (χ0) is 15.1. The van der Waals surface area contributed by atoms with E-state index in [9.17, 15) is 9.59 Å². The quantitative estimate of drug-likeness (QED) is 0.660. The maximum absolute atomic E-state index is 12.2. The summed E-state index contributed by atoms with van der Waals surface area (Å²) in [7, 11) is 3.04. The van der Waals surface area contributed by atoms with Gasteiger partial charge in [0.15, 0.2) is 0 Å². The second-order valence-corrected chi connectivity index (χ2v) is 5.35. The van der Waals surface area contributed by atoms with E-state index in [2.05, 4.69) is 16.6 Å². The second kappa shape index (κ2) is 8.21. The molecule has 0 saturated carbocycles. The molecule has 6 heteroatoms. The number of carbonyl (C=O) groups is 2. The van der Waals surface area contributed by atoms with Crippen molar-refractivity contribution in [2.75, 3.05) is 47.0 Å². The van der Waals surface area contributed by atoms with Crippen molar-refractivity contribution in [1.82, 2.24) is 9.80 Å². The Morgan fingerprint density at radius 2 is 1.70 bits per heavy atom. The predicted octanol–water partition coefficient (Wildman–Crippen LogP) is 0.365. The Morgan fingerprint density at radius 3 is 2.20 bits per heavy atom. The fourth-order valence-electron chi connectivity index (χ4n) is 2.46. The predicted molar refractivity (Wildman–Crippen MR) is 75.3 cm³/mol. The van der Waals surface area contributed by atoms with Crippen LogP contribution in [0.2, 0.25) is 0 Å². The van der Waals surface area contributed by atoms with E-state index in [0.717, 1.165) is 13.1 Å². The zero-order valence-corrected chi connectivity index (χ0v) is 12.9. The van der Waals surface area contributed by atoms with Crippen molar-refractivity contribution in [1.29, 1.82) is 0 Å². The summed E-state index contributed by atoms with van der Waals surface area (Å²) in [6.07, 6.45) is 0.148. The van der Waals surface area contributed by atoms with Gasteiger partial charge in [-0.1, -0.05) is 6.92 Å². The minimum absolute atomic E-state index is 0.0365. The zero-order valence-electron chi connectivity index (χ0n) is 12.9. The second-order valence-electron chi connectivity index (χ2n) is 5.35. The molecule has 116 valence electrons. The summed E-state index contributed by atoms with van der Waals surface area (Å²) >= 11 is 0. The maximum atomic E-state index is 12.2. The van der Waals surface area contributed by atoms with Crippen molar-refractivity contribution in [3.63, 3.8) is 0 Å². The highest BCUT2D eigenvalue weighted by molar-refractivity contribution is 5.83. The summed E-state index contributed by atoms with van der Waals surface area (Å²) in [6.45, 7) is 7.71. The molecule has 1 rings (SSSR count). The molecule has 2 atom stereocenters. The van der Waals surface area contributed by atoms with Crippen LogP contribution in [0.25, 0.3) is 0 Å². The van der Waals surface area contributed by atoms with Gasteiger partial charge in [0.2, 0.25) is 5.91 Å². The first-order chi connectivity index (χ1) is 9.49. The Labute approximate surface area is 121 Å². The summed E-state index contributed by atoms with van der Waals surface area (Å²) in [4.78, 5) is 27.6. The summed E-state index contributed by atoms with van der Waals surface area (Å²) in [5, 5.41) is 0. The number of ether oxygens (including phenoxy) is 2. The standard InChI is InChI=1S/C14H26N2O4/c1-11(9-13(17)20-4)14(18)16-7-5-15(6-8-16)12(2)10-19-3/h11-12H,5-10H2,1-4H3/t11-,12+/m1/s1. The summed E-state index contributed by atoms with van der Waals surface area (Å²) < 4.78 is 9.75.